The Bertz CT molecular complexity index is 588. The molecule has 4 unspecified atom stereocenters. The first kappa shape index (κ1) is 17.1. The van der Waals surface area contributed by atoms with Crippen molar-refractivity contribution in [1.29, 1.82) is 0 Å². The van der Waals surface area contributed by atoms with E-state index in [4.69, 9.17) is 13.9 Å². The second-order valence-electron chi connectivity index (χ2n) is 8.00. The van der Waals surface area contributed by atoms with Crippen LogP contribution in [0.4, 0.5) is 0 Å². The van der Waals surface area contributed by atoms with Gasteiger partial charge >= 0.3 is 0 Å². The standard InChI is InChI=1S/C18H28O4Si/c1-13-17(3)15(16(2,21-13)12-20-18(17,4)19)22-23(5,6)14-10-8-7-9-11-14/h7-11,13,15,19H,12H2,1-6H3/t13?,15?,16-,17?,18?/m1/s1. The molecule has 0 saturated carbocycles. The molecule has 2 bridgehead atoms. The Hall–Kier alpha value is -0.723. The van der Waals surface area contributed by atoms with Gasteiger partial charge in [-0.15, -0.1) is 0 Å². The zero-order chi connectivity index (χ0) is 17.1. The molecule has 3 rings (SSSR count). The lowest BCUT2D eigenvalue weighted by Gasteiger charge is -2.52. The van der Waals surface area contributed by atoms with Crippen LogP contribution in [0.15, 0.2) is 30.3 Å². The fourth-order valence-electron chi connectivity index (χ4n) is 4.05. The average Bonchev–Trinajstić information content (AvgIpc) is 2.64. The lowest BCUT2D eigenvalue weighted by Crippen LogP contribution is -2.67. The SMILES string of the molecule is CC1O[C@]2(C)COC(C)(O)C1(C)C2O[Si](C)(C)c1ccccc1. The lowest BCUT2D eigenvalue weighted by atomic mass is 9.69. The maximum absolute atomic E-state index is 10.9. The van der Waals surface area contributed by atoms with Gasteiger partial charge in [0.1, 0.15) is 5.60 Å². The fraction of sp³-hybridized carbons (Fsp3) is 0.667. The van der Waals surface area contributed by atoms with Gasteiger partial charge in [0, 0.05) is 0 Å². The summed E-state index contributed by atoms with van der Waals surface area (Å²) in [6.45, 7) is 12.5. The van der Waals surface area contributed by atoms with E-state index in [0.29, 0.717) is 6.61 Å². The minimum atomic E-state index is -2.14. The summed E-state index contributed by atoms with van der Waals surface area (Å²) in [5, 5.41) is 12.1. The van der Waals surface area contributed by atoms with Crippen molar-refractivity contribution in [2.75, 3.05) is 6.61 Å². The normalized spacial score (nSPS) is 43.6. The molecular weight excluding hydrogens is 308 g/mol. The zero-order valence-corrected chi connectivity index (χ0v) is 15.9. The topological polar surface area (TPSA) is 47.9 Å². The van der Waals surface area contributed by atoms with Gasteiger partial charge < -0.3 is 19.0 Å². The first-order valence-electron chi connectivity index (χ1n) is 8.30. The molecule has 0 amide bonds. The number of benzene rings is 1. The number of aliphatic hydroxyl groups is 1. The van der Waals surface area contributed by atoms with Crippen LogP contribution in [-0.4, -0.2) is 43.6 Å². The van der Waals surface area contributed by atoms with E-state index in [1.807, 2.05) is 39.0 Å². The average molecular weight is 337 g/mol. The van der Waals surface area contributed by atoms with Gasteiger partial charge in [0.25, 0.3) is 0 Å². The van der Waals surface area contributed by atoms with E-state index in [2.05, 4.69) is 25.2 Å². The van der Waals surface area contributed by atoms with Crippen molar-refractivity contribution in [3.05, 3.63) is 30.3 Å². The molecule has 2 saturated heterocycles. The second-order valence-corrected chi connectivity index (χ2v) is 11.8. The van der Waals surface area contributed by atoms with Gasteiger partial charge in [0.05, 0.1) is 24.2 Å². The molecule has 5 atom stereocenters. The Morgan fingerprint density at radius 3 is 2.39 bits per heavy atom. The molecule has 4 nitrogen and oxygen atoms in total. The third kappa shape index (κ3) is 2.41. The summed E-state index contributed by atoms with van der Waals surface area (Å²) in [7, 11) is -2.14. The van der Waals surface area contributed by atoms with Crippen molar-refractivity contribution in [1.82, 2.24) is 0 Å². The smallest absolute Gasteiger partial charge is 0.218 e. The van der Waals surface area contributed by atoms with Crippen LogP contribution in [0.3, 0.4) is 0 Å². The molecule has 5 heteroatoms. The lowest BCUT2D eigenvalue weighted by molar-refractivity contribution is -0.308. The second kappa shape index (κ2) is 5.13. The Morgan fingerprint density at radius 1 is 1.17 bits per heavy atom. The Balaban J connectivity index is 1.98. The van der Waals surface area contributed by atoms with Gasteiger partial charge in [-0.1, -0.05) is 30.3 Å². The summed E-state index contributed by atoms with van der Waals surface area (Å²) in [6, 6.07) is 10.4. The monoisotopic (exact) mass is 336 g/mol. The summed E-state index contributed by atoms with van der Waals surface area (Å²) in [5.41, 5.74) is -1.14. The van der Waals surface area contributed by atoms with E-state index in [-0.39, 0.29) is 12.2 Å². The molecule has 2 aliphatic heterocycles. The van der Waals surface area contributed by atoms with E-state index in [1.165, 1.54) is 5.19 Å². The minimum absolute atomic E-state index is 0.143. The molecule has 2 heterocycles. The molecule has 1 aromatic carbocycles. The number of hydrogen-bond donors (Lipinski definition) is 1. The molecule has 23 heavy (non-hydrogen) atoms. The molecule has 0 aliphatic carbocycles. The molecular formula is C18H28O4Si. The van der Waals surface area contributed by atoms with Crippen LogP contribution in [0, 0.1) is 5.41 Å². The molecule has 2 fully saturated rings. The van der Waals surface area contributed by atoms with Crippen molar-refractivity contribution in [3.8, 4) is 0 Å². The Morgan fingerprint density at radius 2 is 1.78 bits per heavy atom. The van der Waals surface area contributed by atoms with Crippen molar-refractivity contribution in [2.24, 2.45) is 5.41 Å². The molecule has 1 aromatic rings. The van der Waals surface area contributed by atoms with Crippen LogP contribution in [0.2, 0.25) is 13.1 Å². The summed E-state index contributed by atoms with van der Waals surface area (Å²) in [5.74, 6) is -1.27. The first-order valence-corrected chi connectivity index (χ1v) is 11.2. The van der Waals surface area contributed by atoms with Gasteiger partial charge in [-0.05, 0) is 46.0 Å². The summed E-state index contributed by atoms with van der Waals surface area (Å²) >= 11 is 0. The van der Waals surface area contributed by atoms with Crippen LogP contribution in [0.1, 0.15) is 27.7 Å². The molecule has 0 spiro atoms. The minimum Gasteiger partial charge on any atom is -0.406 e. The van der Waals surface area contributed by atoms with Crippen LogP contribution >= 0.6 is 0 Å². The molecule has 128 valence electrons. The summed E-state index contributed by atoms with van der Waals surface area (Å²) in [6.07, 6.45) is -0.355. The fourth-order valence-corrected chi connectivity index (χ4v) is 6.27. The molecule has 2 aliphatic rings. The number of fused-ring (bicyclic) bond motifs is 2. The highest BCUT2D eigenvalue weighted by Gasteiger charge is 2.70. The van der Waals surface area contributed by atoms with Gasteiger partial charge in [-0.25, -0.2) is 0 Å². The number of hydrogen-bond acceptors (Lipinski definition) is 4. The highest BCUT2D eigenvalue weighted by molar-refractivity contribution is 6.84. The largest absolute Gasteiger partial charge is 0.406 e. The third-order valence-corrected chi connectivity index (χ3v) is 8.46. The predicted molar refractivity (Wildman–Crippen MR) is 92.1 cm³/mol. The van der Waals surface area contributed by atoms with Crippen molar-refractivity contribution in [2.45, 2.75) is 64.4 Å². The van der Waals surface area contributed by atoms with Gasteiger partial charge in [0.2, 0.25) is 8.32 Å². The Kier molecular flexibility index (Phi) is 3.82. The van der Waals surface area contributed by atoms with E-state index < -0.39 is 25.1 Å². The van der Waals surface area contributed by atoms with Gasteiger partial charge in [-0.3, -0.25) is 0 Å². The zero-order valence-electron chi connectivity index (χ0n) is 14.9. The maximum Gasteiger partial charge on any atom is 0.218 e. The summed E-state index contributed by atoms with van der Waals surface area (Å²) < 4.78 is 18.7. The van der Waals surface area contributed by atoms with Crippen LogP contribution in [0.5, 0.6) is 0 Å². The number of rotatable bonds is 3. The predicted octanol–water partition coefficient (Wildman–Crippen LogP) is 2.41. The molecule has 0 aromatic heterocycles. The number of ether oxygens (including phenoxy) is 2. The highest BCUT2D eigenvalue weighted by Crippen LogP contribution is 2.56. The first-order chi connectivity index (χ1) is 10.5. The van der Waals surface area contributed by atoms with E-state index >= 15 is 0 Å². The quantitative estimate of drug-likeness (QED) is 0.861. The van der Waals surface area contributed by atoms with E-state index in [0.717, 1.165) is 0 Å². The van der Waals surface area contributed by atoms with Crippen LogP contribution in [-0.2, 0) is 13.9 Å². The van der Waals surface area contributed by atoms with Gasteiger partial charge in [-0.2, -0.15) is 0 Å². The Labute approximate surface area is 139 Å². The van der Waals surface area contributed by atoms with Crippen molar-refractivity contribution < 1.29 is 19.0 Å². The third-order valence-electron chi connectivity index (χ3n) is 5.91. The van der Waals surface area contributed by atoms with Crippen LogP contribution < -0.4 is 5.19 Å². The van der Waals surface area contributed by atoms with Crippen LogP contribution in [0.25, 0.3) is 0 Å². The van der Waals surface area contributed by atoms with Crippen molar-refractivity contribution >= 4 is 13.5 Å². The van der Waals surface area contributed by atoms with Crippen molar-refractivity contribution in [3.63, 3.8) is 0 Å². The summed E-state index contributed by atoms with van der Waals surface area (Å²) in [4.78, 5) is 0. The van der Waals surface area contributed by atoms with E-state index in [1.54, 1.807) is 6.92 Å². The van der Waals surface area contributed by atoms with Gasteiger partial charge in [0.15, 0.2) is 5.79 Å². The molecule has 0 radical (unpaired) electrons. The maximum atomic E-state index is 10.9. The van der Waals surface area contributed by atoms with E-state index in [9.17, 15) is 5.11 Å². The highest BCUT2D eigenvalue weighted by atomic mass is 28.4. The molecule has 1 N–H and O–H groups in total.